The summed E-state index contributed by atoms with van der Waals surface area (Å²) in [6, 6.07) is 13.6. The number of piperazine rings is 1. The number of aromatic nitrogens is 3. The average molecular weight is 392 g/mol. The summed E-state index contributed by atoms with van der Waals surface area (Å²) in [5.74, 6) is 1.66. The Bertz CT molecular complexity index is 1000. The van der Waals surface area contributed by atoms with Crippen molar-refractivity contribution >= 4 is 11.8 Å². The Morgan fingerprint density at radius 1 is 1.10 bits per heavy atom. The summed E-state index contributed by atoms with van der Waals surface area (Å²) in [5.41, 5.74) is 3.02. The predicted octanol–water partition coefficient (Wildman–Crippen LogP) is 3.27. The molecule has 2 aromatic heterocycles. The van der Waals surface area contributed by atoms with Gasteiger partial charge in [-0.05, 0) is 38.6 Å². The highest BCUT2D eigenvalue weighted by Gasteiger charge is 2.32. The standard InChI is InChI=1S/C21H24N6O2/c1-14-17(16-7-5-4-6-8-16)9-10-19(22-14)24-21(28)27-12-11-26(3)18(13-27)20-23-15(2)25-29-20/h4-10,18H,11-13H2,1-3H3,(H,22,24,28). The molecule has 4 rings (SSSR count). The molecule has 3 aromatic rings. The van der Waals surface area contributed by atoms with Crippen LogP contribution in [0.15, 0.2) is 47.0 Å². The van der Waals surface area contributed by atoms with Gasteiger partial charge in [0.2, 0.25) is 5.89 Å². The molecule has 0 saturated carbocycles. The summed E-state index contributed by atoms with van der Waals surface area (Å²) in [4.78, 5) is 25.6. The SMILES string of the molecule is Cc1noc(C2CN(C(=O)Nc3ccc(-c4ccccc4)c(C)n3)CCN2C)n1. The number of carbonyl (C=O) groups is 1. The van der Waals surface area contributed by atoms with Crippen LogP contribution in [-0.4, -0.2) is 57.6 Å². The van der Waals surface area contributed by atoms with Gasteiger partial charge in [-0.25, -0.2) is 9.78 Å². The van der Waals surface area contributed by atoms with Crippen LogP contribution < -0.4 is 5.32 Å². The summed E-state index contributed by atoms with van der Waals surface area (Å²) < 4.78 is 5.32. The van der Waals surface area contributed by atoms with E-state index >= 15 is 0 Å². The van der Waals surface area contributed by atoms with E-state index in [4.69, 9.17) is 4.52 Å². The molecule has 0 bridgehead atoms. The number of anilines is 1. The zero-order chi connectivity index (χ0) is 20.4. The maximum Gasteiger partial charge on any atom is 0.323 e. The maximum absolute atomic E-state index is 12.8. The van der Waals surface area contributed by atoms with E-state index in [2.05, 4.69) is 25.3 Å². The molecule has 1 saturated heterocycles. The third-order valence-electron chi connectivity index (χ3n) is 5.17. The molecule has 150 valence electrons. The first-order chi connectivity index (χ1) is 14.0. The molecule has 0 spiro atoms. The Kier molecular flexibility index (Phi) is 5.26. The van der Waals surface area contributed by atoms with Crippen LogP contribution in [0.25, 0.3) is 11.1 Å². The zero-order valence-electron chi connectivity index (χ0n) is 16.8. The highest BCUT2D eigenvalue weighted by Crippen LogP contribution is 2.25. The van der Waals surface area contributed by atoms with Gasteiger partial charge in [0.25, 0.3) is 0 Å². The third-order valence-corrected chi connectivity index (χ3v) is 5.17. The molecule has 1 fully saturated rings. The lowest BCUT2D eigenvalue weighted by Gasteiger charge is -2.37. The zero-order valence-corrected chi connectivity index (χ0v) is 16.8. The Hall–Kier alpha value is -3.26. The van der Waals surface area contributed by atoms with Gasteiger partial charge in [-0.3, -0.25) is 10.2 Å². The fourth-order valence-electron chi connectivity index (χ4n) is 3.52. The molecule has 1 aliphatic heterocycles. The van der Waals surface area contributed by atoms with E-state index in [9.17, 15) is 4.79 Å². The van der Waals surface area contributed by atoms with Gasteiger partial charge in [0, 0.05) is 30.9 Å². The molecule has 1 atom stereocenters. The number of amides is 2. The van der Waals surface area contributed by atoms with Gasteiger partial charge < -0.3 is 9.42 Å². The van der Waals surface area contributed by atoms with E-state index in [1.807, 2.05) is 56.4 Å². The van der Waals surface area contributed by atoms with Gasteiger partial charge in [-0.15, -0.1) is 0 Å². The molecule has 2 amide bonds. The number of aryl methyl sites for hydroxylation is 2. The van der Waals surface area contributed by atoms with Crippen molar-refractivity contribution in [2.75, 3.05) is 32.0 Å². The topological polar surface area (TPSA) is 87.4 Å². The van der Waals surface area contributed by atoms with Gasteiger partial charge >= 0.3 is 6.03 Å². The molecule has 29 heavy (non-hydrogen) atoms. The smallest absolute Gasteiger partial charge is 0.323 e. The van der Waals surface area contributed by atoms with E-state index in [-0.39, 0.29) is 12.1 Å². The van der Waals surface area contributed by atoms with Crippen LogP contribution in [-0.2, 0) is 0 Å². The van der Waals surface area contributed by atoms with Crippen LogP contribution in [0.3, 0.4) is 0 Å². The molecular weight excluding hydrogens is 368 g/mol. The largest absolute Gasteiger partial charge is 0.338 e. The molecule has 0 radical (unpaired) electrons. The van der Waals surface area contributed by atoms with Crippen molar-refractivity contribution in [2.24, 2.45) is 0 Å². The molecular formula is C21H24N6O2. The van der Waals surface area contributed by atoms with Crippen LogP contribution in [0, 0.1) is 13.8 Å². The number of urea groups is 1. The second-order valence-electron chi connectivity index (χ2n) is 7.25. The van der Waals surface area contributed by atoms with E-state index in [0.29, 0.717) is 30.6 Å². The molecule has 0 aliphatic carbocycles. The normalized spacial score (nSPS) is 17.3. The van der Waals surface area contributed by atoms with Gasteiger partial charge in [0.05, 0.1) is 0 Å². The van der Waals surface area contributed by atoms with Gasteiger partial charge in [-0.2, -0.15) is 4.98 Å². The monoisotopic (exact) mass is 392 g/mol. The van der Waals surface area contributed by atoms with Crippen molar-refractivity contribution < 1.29 is 9.32 Å². The van der Waals surface area contributed by atoms with Crippen LogP contribution in [0.5, 0.6) is 0 Å². The molecule has 1 unspecified atom stereocenters. The average Bonchev–Trinajstić information content (AvgIpc) is 3.15. The predicted molar refractivity (Wildman–Crippen MR) is 109 cm³/mol. The molecule has 1 aromatic carbocycles. The first-order valence-electron chi connectivity index (χ1n) is 9.60. The summed E-state index contributed by atoms with van der Waals surface area (Å²) >= 11 is 0. The number of nitrogens with zero attached hydrogens (tertiary/aromatic N) is 5. The molecule has 1 aliphatic rings. The lowest BCUT2D eigenvalue weighted by molar-refractivity contribution is 0.0960. The van der Waals surface area contributed by atoms with Crippen LogP contribution >= 0.6 is 0 Å². The number of likely N-dealkylation sites (N-methyl/N-ethyl adjacent to an activating group) is 1. The first kappa shape index (κ1) is 19.1. The lowest BCUT2D eigenvalue weighted by Crippen LogP contribution is -2.50. The summed E-state index contributed by atoms with van der Waals surface area (Å²) in [5, 5.41) is 6.78. The highest BCUT2D eigenvalue weighted by molar-refractivity contribution is 5.88. The second-order valence-corrected chi connectivity index (χ2v) is 7.25. The number of hydrogen-bond donors (Lipinski definition) is 1. The fraction of sp³-hybridized carbons (Fsp3) is 0.333. The summed E-state index contributed by atoms with van der Waals surface area (Å²) in [6.07, 6.45) is 0. The van der Waals surface area contributed by atoms with Crippen LogP contribution in [0.2, 0.25) is 0 Å². The van der Waals surface area contributed by atoms with E-state index in [0.717, 1.165) is 23.4 Å². The minimum absolute atomic E-state index is 0.120. The highest BCUT2D eigenvalue weighted by atomic mass is 16.5. The summed E-state index contributed by atoms with van der Waals surface area (Å²) in [7, 11) is 1.99. The van der Waals surface area contributed by atoms with Crippen molar-refractivity contribution in [3.05, 3.63) is 59.9 Å². The van der Waals surface area contributed by atoms with E-state index in [1.54, 1.807) is 11.8 Å². The van der Waals surface area contributed by atoms with Crippen molar-refractivity contribution in [1.82, 2.24) is 24.9 Å². The van der Waals surface area contributed by atoms with Gasteiger partial charge in [0.15, 0.2) is 5.82 Å². The molecule has 8 nitrogen and oxygen atoms in total. The Balaban J connectivity index is 1.45. The number of nitrogens with one attached hydrogen (secondary N) is 1. The minimum Gasteiger partial charge on any atom is -0.338 e. The lowest BCUT2D eigenvalue weighted by atomic mass is 10.0. The van der Waals surface area contributed by atoms with Crippen molar-refractivity contribution in [3.63, 3.8) is 0 Å². The van der Waals surface area contributed by atoms with Crippen LogP contribution in [0.1, 0.15) is 23.5 Å². The van der Waals surface area contributed by atoms with Crippen molar-refractivity contribution in [1.29, 1.82) is 0 Å². The van der Waals surface area contributed by atoms with Gasteiger partial charge in [0.1, 0.15) is 11.9 Å². The van der Waals surface area contributed by atoms with Crippen molar-refractivity contribution in [3.8, 4) is 11.1 Å². The molecule has 8 heteroatoms. The van der Waals surface area contributed by atoms with Crippen LogP contribution in [0.4, 0.5) is 10.6 Å². The van der Waals surface area contributed by atoms with Crippen molar-refractivity contribution in [2.45, 2.75) is 19.9 Å². The van der Waals surface area contributed by atoms with E-state index < -0.39 is 0 Å². The Labute approximate surface area is 169 Å². The molecule has 3 heterocycles. The van der Waals surface area contributed by atoms with E-state index in [1.165, 1.54) is 0 Å². The number of pyridine rings is 1. The first-order valence-corrected chi connectivity index (χ1v) is 9.60. The Morgan fingerprint density at radius 3 is 2.59 bits per heavy atom. The number of carbonyl (C=O) groups excluding carboxylic acids is 1. The third kappa shape index (κ3) is 4.12. The fourth-order valence-corrected chi connectivity index (χ4v) is 3.52. The maximum atomic E-state index is 12.8. The minimum atomic E-state index is -0.182. The molecule has 1 N–H and O–H groups in total. The summed E-state index contributed by atoms with van der Waals surface area (Å²) in [6.45, 7) is 5.55. The number of hydrogen-bond acceptors (Lipinski definition) is 6. The number of rotatable bonds is 3. The Morgan fingerprint density at radius 2 is 1.90 bits per heavy atom. The second kappa shape index (κ2) is 8.00. The van der Waals surface area contributed by atoms with Gasteiger partial charge in [-0.1, -0.05) is 35.5 Å². The number of benzene rings is 1. The quantitative estimate of drug-likeness (QED) is 0.736.